The molecule has 0 aliphatic carbocycles. The summed E-state index contributed by atoms with van der Waals surface area (Å²) < 4.78 is 5.32. The van der Waals surface area contributed by atoms with Gasteiger partial charge in [-0.1, -0.05) is 30.3 Å². The highest BCUT2D eigenvalue weighted by Gasteiger charge is 2.21. The third-order valence-electron chi connectivity index (χ3n) is 4.41. The maximum atomic E-state index is 12.0. The van der Waals surface area contributed by atoms with E-state index < -0.39 is 0 Å². The van der Waals surface area contributed by atoms with Crippen LogP contribution in [0.25, 0.3) is 0 Å². The molecule has 1 aliphatic heterocycles. The highest BCUT2D eigenvalue weighted by atomic mass is 16.5. The first-order chi connectivity index (χ1) is 12.0. The van der Waals surface area contributed by atoms with E-state index in [9.17, 15) is 4.79 Å². The molecule has 1 aliphatic rings. The molecule has 1 unspecified atom stereocenters. The Balaban J connectivity index is 1.65. The highest BCUT2D eigenvalue weighted by molar-refractivity contribution is 5.73. The van der Waals surface area contributed by atoms with Crippen molar-refractivity contribution in [1.29, 1.82) is 0 Å². The Labute approximate surface area is 151 Å². The molecule has 2 amide bonds. The zero-order valence-corrected chi connectivity index (χ0v) is 15.7. The number of carbonyl (C=O) groups excluding carboxylic acids is 1. The van der Waals surface area contributed by atoms with Gasteiger partial charge < -0.3 is 20.7 Å². The first-order valence-corrected chi connectivity index (χ1v) is 9.11. The largest absolute Gasteiger partial charge is 0.379 e. The summed E-state index contributed by atoms with van der Waals surface area (Å²) in [6.07, 6.45) is 0. The fourth-order valence-corrected chi connectivity index (χ4v) is 2.98. The summed E-state index contributed by atoms with van der Waals surface area (Å²) >= 11 is 0. The van der Waals surface area contributed by atoms with Gasteiger partial charge in [0.1, 0.15) is 0 Å². The lowest BCUT2D eigenvalue weighted by Crippen LogP contribution is -2.52. The van der Waals surface area contributed by atoms with E-state index >= 15 is 0 Å². The summed E-state index contributed by atoms with van der Waals surface area (Å²) in [6, 6.07) is 10.4. The van der Waals surface area contributed by atoms with E-state index in [0.29, 0.717) is 13.1 Å². The van der Waals surface area contributed by atoms with Gasteiger partial charge in [0.15, 0.2) is 0 Å². The quantitative estimate of drug-likeness (QED) is 0.670. The normalized spacial score (nSPS) is 17.1. The van der Waals surface area contributed by atoms with Crippen molar-refractivity contribution in [2.24, 2.45) is 0 Å². The van der Waals surface area contributed by atoms with Crippen molar-refractivity contribution in [3.63, 3.8) is 0 Å². The molecule has 0 bridgehead atoms. The second kappa shape index (κ2) is 9.75. The van der Waals surface area contributed by atoms with Gasteiger partial charge in [0.2, 0.25) is 0 Å². The standard InChI is InChI=1S/C19H32N4O2/c1-16(17-7-5-4-6-8-17)22-19(2,3)15-21-18(24)20-9-10-23-11-13-25-14-12-23/h4-8,16,22H,9-15H2,1-3H3,(H2,20,21,24). The molecule has 1 heterocycles. The van der Waals surface area contributed by atoms with Crippen LogP contribution in [0.1, 0.15) is 32.4 Å². The Hall–Kier alpha value is -1.63. The number of hydrogen-bond donors (Lipinski definition) is 3. The van der Waals surface area contributed by atoms with Crippen molar-refractivity contribution in [3.05, 3.63) is 35.9 Å². The van der Waals surface area contributed by atoms with E-state index in [1.807, 2.05) is 18.2 Å². The number of nitrogens with one attached hydrogen (secondary N) is 3. The van der Waals surface area contributed by atoms with Crippen LogP contribution in [-0.2, 0) is 4.74 Å². The van der Waals surface area contributed by atoms with Crippen LogP contribution in [0.3, 0.4) is 0 Å². The van der Waals surface area contributed by atoms with Crippen molar-refractivity contribution >= 4 is 6.03 Å². The molecule has 140 valence electrons. The SMILES string of the molecule is CC(NC(C)(C)CNC(=O)NCCN1CCOCC1)c1ccccc1. The zero-order valence-electron chi connectivity index (χ0n) is 15.7. The molecule has 25 heavy (non-hydrogen) atoms. The molecule has 6 heteroatoms. The van der Waals surface area contributed by atoms with Gasteiger partial charge in [-0.3, -0.25) is 4.90 Å². The van der Waals surface area contributed by atoms with Crippen LogP contribution in [0.4, 0.5) is 4.79 Å². The van der Waals surface area contributed by atoms with Gasteiger partial charge >= 0.3 is 6.03 Å². The molecule has 0 spiro atoms. The third-order valence-corrected chi connectivity index (χ3v) is 4.41. The Morgan fingerprint density at radius 2 is 1.88 bits per heavy atom. The second-order valence-electron chi connectivity index (χ2n) is 7.22. The van der Waals surface area contributed by atoms with Crippen molar-refractivity contribution in [1.82, 2.24) is 20.9 Å². The molecule has 1 atom stereocenters. The number of morpholine rings is 1. The summed E-state index contributed by atoms with van der Waals surface area (Å²) in [4.78, 5) is 14.3. The fourth-order valence-electron chi connectivity index (χ4n) is 2.98. The highest BCUT2D eigenvalue weighted by Crippen LogP contribution is 2.15. The molecule has 1 fully saturated rings. The minimum absolute atomic E-state index is 0.115. The maximum absolute atomic E-state index is 12.0. The average Bonchev–Trinajstić information content (AvgIpc) is 2.61. The Morgan fingerprint density at radius 3 is 2.56 bits per heavy atom. The van der Waals surface area contributed by atoms with Gasteiger partial charge in [0.05, 0.1) is 13.2 Å². The second-order valence-corrected chi connectivity index (χ2v) is 7.22. The van der Waals surface area contributed by atoms with Crippen molar-refractivity contribution in [2.45, 2.75) is 32.4 Å². The van der Waals surface area contributed by atoms with Crippen molar-refractivity contribution < 1.29 is 9.53 Å². The minimum Gasteiger partial charge on any atom is -0.379 e. The summed E-state index contributed by atoms with van der Waals surface area (Å²) in [7, 11) is 0. The van der Waals surface area contributed by atoms with E-state index in [-0.39, 0.29) is 17.6 Å². The first kappa shape index (κ1) is 19.7. The molecule has 0 radical (unpaired) electrons. The first-order valence-electron chi connectivity index (χ1n) is 9.11. The molecule has 0 aromatic heterocycles. The smallest absolute Gasteiger partial charge is 0.314 e. The van der Waals surface area contributed by atoms with Crippen molar-refractivity contribution in [3.8, 4) is 0 Å². The van der Waals surface area contributed by atoms with E-state index in [2.05, 4.69) is 53.8 Å². The number of benzene rings is 1. The van der Waals surface area contributed by atoms with Gasteiger partial charge in [-0.15, -0.1) is 0 Å². The summed E-state index contributed by atoms with van der Waals surface area (Å²) in [5, 5.41) is 9.46. The molecule has 1 saturated heterocycles. The number of nitrogens with zero attached hydrogens (tertiary/aromatic N) is 1. The van der Waals surface area contributed by atoms with Gasteiger partial charge in [0.25, 0.3) is 0 Å². The Morgan fingerprint density at radius 1 is 1.20 bits per heavy atom. The lowest BCUT2D eigenvalue weighted by atomic mass is 10.0. The molecule has 3 N–H and O–H groups in total. The van der Waals surface area contributed by atoms with Gasteiger partial charge in [-0.25, -0.2) is 4.79 Å². The fraction of sp³-hybridized carbons (Fsp3) is 0.632. The predicted octanol–water partition coefficient (Wildman–Crippen LogP) is 1.75. The molecule has 1 aromatic carbocycles. The number of carbonyl (C=O) groups is 1. The zero-order chi connectivity index (χ0) is 18.1. The van der Waals surface area contributed by atoms with Gasteiger partial charge in [-0.05, 0) is 26.3 Å². The number of hydrogen-bond acceptors (Lipinski definition) is 4. The summed E-state index contributed by atoms with van der Waals surface area (Å²) in [5.41, 5.74) is 1.04. The summed E-state index contributed by atoms with van der Waals surface area (Å²) in [6.45, 7) is 11.9. The van der Waals surface area contributed by atoms with Crippen LogP contribution in [-0.4, -0.2) is 62.4 Å². The van der Waals surface area contributed by atoms with E-state index in [0.717, 1.165) is 32.8 Å². The summed E-state index contributed by atoms with van der Waals surface area (Å²) in [5.74, 6) is 0. The number of rotatable bonds is 8. The Kier molecular flexibility index (Phi) is 7.68. The molecule has 0 saturated carbocycles. The van der Waals surface area contributed by atoms with Crippen LogP contribution in [0.5, 0.6) is 0 Å². The monoisotopic (exact) mass is 348 g/mol. The third kappa shape index (κ3) is 7.42. The van der Waals surface area contributed by atoms with Crippen LogP contribution in [0.15, 0.2) is 30.3 Å². The van der Waals surface area contributed by atoms with Crippen LogP contribution in [0, 0.1) is 0 Å². The van der Waals surface area contributed by atoms with Crippen LogP contribution < -0.4 is 16.0 Å². The van der Waals surface area contributed by atoms with Crippen LogP contribution in [0.2, 0.25) is 0 Å². The van der Waals surface area contributed by atoms with E-state index in [1.54, 1.807) is 0 Å². The predicted molar refractivity (Wildman–Crippen MR) is 101 cm³/mol. The lowest BCUT2D eigenvalue weighted by Gasteiger charge is -2.31. The van der Waals surface area contributed by atoms with Gasteiger partial charge in [-0.2, -0.15) is 0 Å². The lowest BCUT2D eigenvalue weighted by molar-refractivity contribution is 0.0387. The van der Waals surface area contributed by atoms with Crippen molar-refractivity contribution in [2.75, 3.05) is 45.9 Å². The molecule has 1 aromatic rings. The number of amides is 2. The average molecular weight is 348 g/mol. The molecule has 2 rings (SSSR count). The molecular weight excluding hydrogens is 316 g/mol. The molecule has 6 nitrogen and oxygen atoms in total. The van der Waals surface area contributed by atoms with E-state index in [1.165, 1.54) is 5.56 Å². The molecular formula is C19H32N4O2. The van der Waals surface area contributed by atoms with Gasteiger partial charge in [0, 0.05) is 44.3 Å². The van der Waals surface area contributed by atoms with Crippen LogP contribution >= 0.6 is 0 Å². The number of urea groups is 1. The van der Waals surface area contributed by atoms with E-state index in [4.69, 9.17) is 4.74 Å². The topological polar surface area (TPSA) is 65.6 Å². The maximum Gasteiger partial charge on any atom is 0.314 e. The number of ether oxygens (including phenoxy) is 1. The Bertz CT molecular complexity index is 515. The minimum atomic E-state index is -0.198.